The van der Waals surface area contributed by atoms with Gasteiger partial charge in [0, 0.05) is 4.47 Å². The van der Waals surface area contributed by atoms with E-state index < -0.39 is 0 Å². The van der Waals surface area contributed by atoms with E-state index in [1.807, 2.05) is 49.4 Å². The minimum Gasteiger partial charge on any atom is -0.305 e. The molecule has 0 saturated heterocycles. The highest BCUT2D eigenvalue weighted by Crippen LogP contribution is 2.21. The number of halogens is 1. The molecule has 90 valence electrons. The van der Waals surface area contributed by atoms with Crippen molar-refractivity contribution in [3.63, 3.8) is 0 Å². The summed E-state index contributed by atoms with van der Waals surface area (Å²) < 4.78 is 2.73. The molecule has 3 aromatic rings. The van der Waals surface area contributed by atoms with Crippen molar-refractivity contribution < 1.29 is 0 Å². The maximum absolute atomic E-state index is 12.0. The van der Waals surface area contributed by atoms with Crippen LogP contribution in [0.2, 0.25) is 0 Å². The molecule has 1 N–H and O–H groups in total. The third kappa shape index (κ3) is 1.69. The zero-order chi connectivity index (χ0) is 12.7. The number of hydrogen-bond donors (Lipinski definition) is 1. The number of para-hydroxylation sites is 2. The van der Waals surface area contributed by atoms with Crippen LogP contribution in [0.15, 0.2) is 51.7 Å². The average Bonchev–Trinajstić information content (AvgIpc) is 2.69. The molecule has 4 heteroatoms. The van der Waals surface area contributed by atoms with Crippen LogP contribution in [0.3, 0.4) is 0 Å². The number of nitrogens with one attached hydrogen (secondary N) is 1. The molecule has 0 aliphatic carbocycles. The van der Waals surface area contributed by atoms with Crippen LogP contribution in [-0.4, -0.2) is 9.55 Å². The normalized spacial score (nSPS) is 11.0. The highest BCUT2D eigenvalue weighted by atomic mass is 79.9. The summed E-state index contributed by atoms with van der Waals surface area (Å²) >= 11 is 3.47. The summed E-state index contributed by atoms with van der Waals surface area (Å²) in [6, 6.07) is 13.6. The Hall–Kier alpha value is -1.81. The molecular formula is C14H11BrN2O. The number of aromatic amines is 1. The lowest BCUT2D eigenvalue weighted by atomic mass is 10.2. The van der Waals surface area contributed by atoms with Crippen LogP contribution in [0.4, 0.5) is 0 Å². The number of nitrogens with zero attached hydrogens (tertiary/aromatic N) is 1. The fourth-order valence-electron chi connectivity index (χ4n) is 2.08. The minimum absolute atomic E-state index is 0.113. The fourth-order valence-corrected chi connectivity index (χ4v) is 2.33. The van der Waals surface area contributed by atoms with Gasteiger partial charge in [0.25, 0.3) is 0 Å². The van der Waals surface area contributed by atoms with Gasteiger partial charge in [-0.3, -0.25) is 4.57 Å². The second kappa shape index (κ2) is 4.14. The molecular weight excluding hydrogens is 292 g/mol. The van der Waals surface area contributed by atoms with Crippen LogP contribution in [0.5, 0.6) is 0 Å². The van der Waals surface area contributed by atoms with Gasteiger partial charge in [-0.1, -0.05) is 28.1 Å². The van der Waals surface area contributed by atoms with Gasteiger partial charge >= 0.3 is 5.69 Å². The van der Waals surface area contributed by atoms with Gasteiger partial charge in [0.15, 0.2) is 0 Å². The van der Waals surface area contributed by atoms with Gasteiger partial charge in [-0.15, -0.1) is 0 Å². The standard InChI is InChI=1S/C14H11BrN2O/c1-9-8-10(6-7-11(9)15)17-13-5-3-2-4-12(13)16-14(17)18/h2-8H,1H3,(H,16,18). The van der Waals surface area contributed by atoms with Crippen LogP contribution >= 0.6 is 15.9 Å². The quantitative estimate of drug-likeness (QED) is 0.735. The number of rotatable bonds is 1. The van der Waals surface area contributed by atoms with Gasteiger partial charge in [-0.2, -0.15) is 0 Å². The Kier molecular flexibility index (Phi) is 2.59. The highest BCUT2D eigenvalue weighted by Gasteiger charge is 2.08. The van der Waals surface area contributed by atoms with Crippen molar-refractivity contribution in [1.82, 2.24) is 9.55 Å². The van der Waals surface area contributed by atoms with Crippen molar-refractivity contribution in [1.29, 1.82) is 0 Å². The molecule has 0 fully saturated rings. The SMILES string of the molecule is Cc1cc(-n2c(=O)[nH]c3ccccc32)ccc1Br. The topological polar surface area (TPSA) is 37.8 Å². The van der Waals surface area contributed by atoms with E-state index >= 15 is 0 Å². The average molecular weight is 303 g/mol. The number of benzene rings is 2. The Balaban J connectivity index is 2.34. The number of aromatic nitrogens is 2. The molecule has 18 heavy (non-hydrogen) atoms. The third-order valence-corrected chi connectivity index (χ3v) is 3.88. The number of H-pyrrole nitrogens is 1. The Bertz CT molecular complexity index is 786. The second-order valence-corrected chi connectivity index (χ2v) is 5.07. The zero-order valence-corrected chi connectivity index (χ0v) is 11.4. The summed E-state index contributed by atoms with van der Waals surface area (Å²) in [7, 11) is 0. The summed E-state index contributed by atoms with van der Waals surface area (Å²) in [6.07, 6.45) is 0. The zero-order valence-electron chi connectivity index (χ0n) is 9.77. The van der Waals surface area contributed by atoms with Crippen molar-refractivity contribution >= 4 is 27.0 Å². The molecule has 3 rings (SSSR count). The van der Waals surface area contributed by atoms with Gasteiger partial charge in [0.1, 0.15) is 0 Å². The Labute approximate surface area is 112 Å². The first-order chi connectivity index (χ1) is 8.66. The Morgan fingerprint density at radius 3 is 2.72 bits per heavy atom. The molecule has 0 spiro atoms. The van der Waals surface area contributed by atoms with E-state index in [9.17, 15) is 4.79 Å². The maximum Gasteiger partial charge on any atom is 0.331 e. The predicted octanol–water partition coefficient (Wildman–Crippen LogP) is 3.39. The molecule has 3 nitrogen and oxygen atoms in total. The van der Waals surface area contributed by atoms with E-state index in [1.54, 1.807) is 4.57 Å². The first-order valence-electron chi connectivity index (χ1n) is 5.63. The summed E-state index contributed by atoms with van der Waals surface area (Å²) in [5.41, 5.74) is 3.60. The summed E-state index contributed by atoms with van der Waals surface area (Å²) in [5.74, 6) is 0. The van der Waals surface area contributed by atoms with Gasteiger partial charge in [0.2, 0.25) is 0 Å². The lowest BCUT2D eigenvalue weighted by molar-refractivity contribution is 1.01. The van der Waals surface area contributed by atoms with Crippen molar-refractivity contribution in [2.24, 2.45) is 0 Å². The monoisotopic (exact) mass is 302 g/mol. The first kappa shape index (κ1) is 11.3. The van der Waals surface area contributed by atoms with Gasteiger partial charge in [-0.05, 0) is 42.8 Å². The van der Waals surface area contributed by atoms with Crippen molar-refractivity contribution in [3.05, 3.63) is 63.0 Å². The summed E-state index contributed by atoms with van der Waals surface area (Å²) in [5, 5.41) is 0. The number of hydrogen-bond acceptors (Lipinski definition) is 1. The Morgan fingerprint density at radius 2 is 1.94 bits per heavy atom. The smallest absolute Gasteiger partial charge is 0.305 e. The molecule has 2 aromatic carbocycles. The molecule has 0 saturated carbocycles. The largest absolute Gasteiger partial charge is 0.331 e. The van der Waals surface area contributed by atoms with E-state index in [1.165, 1.54) is 0 Å². The fraction of sp³-hybridized carbons (Fsp3) is 0.0714. The minimum atomic E-state index is -0.113. The van der Waals surface area contributed by atoms with Crippen molar-refractivity contribution in [2.45, 2.75) is 6.92 Å². The summed E-state index contributed by atoms with van der Waals surface area (Å²) in [4.78, 5) is 14.9. The van der Waals surface area contributed by atoms with Crippen LogP contribution in [0, 0.1) is 6.92 Å². The van der Waals surface area contributed by atoms with E-state index in [-0.39, 0.29) is 5.69 Å². The third-order valence-electron chi connectivity index (χ3n) is 2.99. The molecule has 0 radical (unpaired) electrons. The first-order valence-corrected chi connectivity index (χ1v) is 6.42. The molecule has 0 aliphatic rings. The van der Waals surface area contributed by atoms with Gasteiger partial charge in [0.05, 0.1) is 16.7 Å². The lowest BCUT2D eigenvalue weighted by Gasteiger charge is -2.05. The van der Waals surface area contributed by atoms with Gasteiger partial charge in [-0.25, -0.2) is 4.79 Å². The molecule has 0 unspecified atom stereocenters. The van der Waals surface area contributed by atoms with Crippen LogP contribution in [-0.2, 0) is 0 Å². The highest BCUT2D eigenvalue weighted by molar-refractivity contribution is 9.10. The van der Waals surface area contributed by atoms with Crippen LogP contribution < -0.4 is 5.69 Å². The van der Waals surface area contributed by atoms with E-state index in [0.717, 1.165) is 26.8 Å². The van der Waals surface area contributed by atoms with Crippen molar-refractivity contribution in [3.8, 4) is 5.69 Å². The lowest BCUT2D eigenvalue weighted by Crippen LogP contribution is -2.14. The molecule has 0 aliphatic heterocycles. The van der Waals surface area contributed by atoms with E-state index in [2.05, 4.69) is 20.9 Å². The van der Waals surface area contributed by atoms with Gasteiger partial charge < -0.3 is 4.98 Å². The number of imidazole rings is 1. The second-order valence-electron chi connectivity index (χ2n) is 4.22. The predicted molar refractivity (Wildman–Crippen MR) is 76.3 cm³/mol. The molecule has 0 atom stereocenters. The molecule has 0 amide bonds. The summed E-state index contributed by atoms with van der Waals surface area (Å²) in [6.45, 7) is 2.01. The van der Waals surface area contributed by atoms with E-state index in [4.69, 9.17) is 0 Å². The molecule has 1 aromatic heterocycles. The van der Waals surface area contributed by atoms with Crippen LogP contribution in [0.1, 0.15) is 5.56 Å². The Morgan fingerprint density at radius 1 is 1.17 bits per heavy atom. The van der Waals surface area contributed by atoms with E-state index in [0.29, 0.717) is 0 Å². The molecule has 0 bridgehead atoms. The van der Waals surface area contributed by atoms with Crippen molar-refractivity contribution in [2.75, 3.05) is 0 Å². The number of aryl methyl sites for hydroxylation is 1. The molecule has 1 heterocycles. The number of fused-ring (bicyclic) bond motifs is 1. The van der Waals surface area contributed by atoms with Crippen LogP contribution in [0.25, 0.3) is 16.7 Å². The maximum atomic E-state index is 12.0.